The molecule has 0 bridgehead atoms. The summed E-state index contributed by atoms with van der Waals surface area (Å²) in [4.78, 5) is 25.8. The van der Waals surface area contributed by atoms with Gasteiger partial charge in [-0.05, 0) is 62.5 Å². The highest BCUT2D eigenvalue weighted by Crippen LogP contribution is 2.38. The van der Waals surface area contributed by atoms with Gasteiger partial charge in [0.1, 0.15) is 10.8 Å². The Kier molecular flexibility index (Phi) is 6.18. The second-order valence-electron chi connectivity index (χ2n) is 6.02. The fraction of sp³-hybridized carbons (Fsp3) is 0.316. The van der Waals surface area contributed by atoms with Crippen molar-refractivity contribution in [2.45, 2.75) is 32.6 Å². The first-order valence-corrected chi connectivity index (χ1v) is 9.92. The highest BCUT2D eigenvalue weighted by atomic mass is 32.1. The lowest BCUT2D eigenvalue weighted by Crippen LogP contribution is -2.34. The van der Waals surface area contributed by atoms with E-state index < -0.39 is 17.7 Å². The maximum atomic E-state index is 13.7. The molecule has 1 amide bonds. The van der Waals surface area contributed by atoms with E-state index in [0.717, 1.165) is 36.1 Å². The average molecular weight is 407 g/mol. The number of nitrogens with one attached hydrogen (secondary N) is 2. The van der Waals surface area contributed by atoms with E-state index in [2.05, 4.69) is 10.6 Å². The van der Waals surface area contributed by atoms with Gasteiger partial charge in [-0.15, -0.1) is 11.3 Å². The Hall–Kier alpha value is -2.32. The van der Waals surface area contributed by atoms with E-state index in [0.29, 0.717) is 10.6 Å². The fourth-order valence-corrected chi connectivity index (χ4v) is 4.56. The third kappa shape index (κ3) is 4.33. The summed E-state index contributed by atoms with van der Waals surface area (Å²) < 4.78 is 18.9. The lowest BCUT2D eigenvalue weighted by atomic mass is 9.95. The Morgan fingerprint density at radius 3 is 2.74 bits per heavy atom. The number of benzene rings is 1. The van der Waals surface area contributed by atoms with Crippen LogP contribution in [0.15, 0.2) is 24.3 Å². The Morgan fingerprint density at radius 2 is 2.00 bits per heavy atom. The number of thiophene rings is 1. The van der Waals surface area contributed by atoms with Gasteiger partial charge in [-0.1, -0.05) is 12.1 Å². The highest BCUT2D eigenvalue weighted by Gasteiger charge is 2.27. The molecule has 0 radical (unpaired) electrons. The molecule has 0 unspecified atom stereocenters. The van der Waals surface area contributed by atoms with Gasteiger partial charge < -0.3 is 10.1 Å². The molecule has 0 atom stereocenters. The first-order valence-electron chi connectivity index (χ1n) is 8.69. The molecule has 2 aromatic rings. The summed E-state index contributed by atoms with van der Waals surface area (Å²) in [5, 5.41) is 5.94. The zero-order valence-electron chi connectivity index (χ0n) is 14.8. The second-order valence-corrected chi connectivity index (χ2v) is 7.54. The predicted octanol–water partition coefficient (Wildman–Crippen LogP) is 4.07. The maximum absolute atomic E-state index is 13.7. The molecule has 0 aliphatic heterocycles. The molecule has 1 aromatic heterocycles. The molecule has 0 spiro atoms. The van der Waals surface area contributed by atoms with Gasteiger partial charge in [0.15, 0.2) is 5.11 Å². The Balaban J connectivity index is 1.79. The van der Waals surface area contributed by atoms with Crippen LogP contribution in [0.1, 0.15) is 50.9 Å². The van der Waals surface area contributed by atoms with E-state index in [1.165, 1.54) is 29.5 Å². The van der Waals surface area contributed by atoms with Crippen LogP contribution < -0.4 is 10.6 Å². The van der Waals surface area contributed by atoms with E-state index in [1.54, 1.807) is 13.0 Å². The number of thiocarbonyl (C=S) groups is 1. The molecular formula is C19H19FN2O3S2. The van der Waals surface area contributed by atoms with Crippen molar-refractivity contribution in [1.29, 1.82) is 0 Å². The van der Waals surface area contributed by atoms with Crippen molar-refractivity contribution in [1.82, 2.24) is 5.32 Å². The number of hydrogen-bond donors (Lipinski definition) is 2. The molecule has 1 aliphatic rings. The zero-order valence-corrected chi connectivity index (χ0v) is 16.4. The normalized spacial score (nSPS) is 12.8. The molecule has 2 N–H and O–H groups in total. The summed E-state index contributed by atoms with van der Waals surface area (Å²) in [6.45, 7) is 2.03. The van der Waals surface area contributed by atoms with Crippen molar-refractivity contribution in [3.8, 4) is 0 Å². The zero-order chi connectivity index (χ0) is 19.4. The van der Waals surface area contributed by atoms with E-state index >= 15 is 0 Å². The van der Waals surface area contributed by atoms with Crippen molar-refractivity contribution >= 4 is 45.5 Å². The molecule has 27 heavy (non-hydrogen) atoms. The van der Waals surface area contributed by atoms with Crippen molar-refractivity contribution in [3.63, 3.8) is 0 Å². The fourth-order valence-electron chi connectivity index (χ4n) is 3.02. The van der Waals surface area contributed by atoms with Gasteiger partial charge in [-0.2, -0.15) is 0 Å². The van der Waals surface area contributed by atoms with Crippen LogP contribution in [0.4, 0.5) is 9.39 Å². The molecule has 3 rings (SSSR count). The predicted molar refractivity (Wildman–Crippen MR) is 107 cm³/mol. The summed E-state index contributed by atoms with van der Waals surface area (Å²) in [6, 6.07) is 5.66. The summed E-state index contributed by atoms with van der Waals surface area (Å²) >= 11 is 6.64. The van der Waals surface area contributed by atoms with Crippen molar-refractivity contribution < 1.29 is 18.7 Å². The minimum atomic E-state index is -0.649. The number of rotatable bonds is 4. The van der Waals surface area contributed by atoms with Gasteiger partial charge in [-0.25, -0.2) is 9.18 Å². The Morgan fingerprint density at radius 1 is 1.26 bits per heavy atom. The van der Waals surface area contributed by atoms with E-state index in [9.17, 15) is 14.0 Å². The number of aryl methyl sites for hydroxylation is 1. The molecule has 0 fully saturated rings. The molecule has 8 heteroatoms. The van der Waals surface area contributed by atoms with Crippen LogP contribution in [0.25, 0.3) is 0 Å². The van der Waals surface area contributed by atoms with Gasteiger partial charge in [0.25, 0.3) is 5.91 Å². The minimum absolute atomic E-state index is 0.00685. The molecule has 5 nitrogen and oxygen atoms in total. The van der Waals surface area contributed by atoms with Gasteiger partial charge in [0.2, 0.25) is 0 Å². The van der Waals surface area contributed by atoms with Crippen molar-refractivity contribution in [3.05, 3.63) is 51.7 Å². The summed E-state index contributed by atoms with van der Waals surface area (Å²) in [7, 11) is 0. The largest absolute Gasteiger partial charge is 0.462 e. The molecule has 0 saturated heterocycles. The number of fused-ring (bicyclic) bond motifs is 1. The third-order valence-corrected chi connectivity index (χ3v) is 5.63. The second kappa shape index (κ2) is 8.58. The van der Waals surface area contributed by atoms with Gasteiger partial charge >= 0.3 is 5.97 Å². The SMILES string of the molecule is CCOC(=O)c1c(NC(=S)NC(=O)c2ccccc2F)sc2c1CCCC2. The standard InChI is InChI=1S/C19H19FN2O3S2/c1-2-25-18(24)15-12-8-4-6-10-14(12)27-17(15)22-19(26)21-16(23)11-7-3-5-9-13(11)20/h3,5,7,9H,2,4,6,8,10H2,1H3,(H2,21,22,23,26). The van der Waals surface area contributed by atoms with Crippen LogP contribution in [0.2, 0.25) is 0 Å². The summed E-state index contributed by atoms with van der Waals surface area (Å²) in [5.74, 6) is -1.68. The van der Waals surface area contributed by atoms with Crippen molar-refractivity contribution in [2.75, 3.05) is 11.9 Å². The van der Waals surface area contributed by atoms with E-state index in [-0.39, 0.29) is 17.3 Å². The summed E-state index contributed by atoms with van der Waals surface area (Å²) in [6.07, 6.45) is 3.81. The van der Waals surface area contributed by atoms with E-state index in [1.807, 2.05) is 0 Å². The van der Waals surface area contributed by atoms with Gasteiger partial charge in [-0.3, -0.25) is 10.1 Å². The molecule has 1 aliphatic carbocycles. The monoisotopic (exact) mass is 406 g/mol. The number of amides is 1. The van der Waals surface area contributed by atoms with Crippen molar-refractivity contribution in [2.24, 2.45) is 0 Å². The van der Waals surface area contributed by atoms with Gasteiger partial charge in [0.05, 0.1) is 17.7 Å². The number of anilines is 1. The number of ether oxygens (including phenoxy) is 1. The van der Waals surface area contributed by atoms with Crippen LogP contribution in [-0.2, 0) is 17.6 Å². The lowest BCUT2D eigenvalue weighted by molar-refractivity contribution is 0.0526. The number of esters is 1. The number of hydrogen-bond acceptors (Lipinski definition) is 5. The minimum Gasteiger partial charge on any atom is -0.462 e. The van der Waals surface area contributed by atoms with Crippen LogP contribution in [-0.4, -0.2) is 23.6 Å². The smallest absolute Gasteiger partial charge is 0.341 e. The Bertz CT molecular complexity index is 895. The van der Waals surface area contributed by atoms with Crippen LogP contribution in [0.5, 0.6) is 0 Å². The Labute approximate surface area is 165 Å². The van der Waals surface area contributed by atoms with Crippen LogP contribution in [0, 0.1) is 5.82 Å². The number of carbonyl (C=O) groups excluding carboxylic acids is 2. The van der Waals surface area contributed by atoms with Crippen LogP contribution in [0.3, 0.4) is 0 Å². The highest BCUT2D eigenvalue weighted by molar-refractivity contribution is 7.80. The molecular weight excluding hydrogens is 387 g/mol. The van der Waals surface area contributed by atoms with Gasteiger partial charge in [0, 0.05) is 4.88 Å². The molecule has 142 valence electrons. The molecule has 1 aromatic carbocycles. The summed E-state index contributed by atoms with van der Waals surface area (Å²) in [5.41, 5.74) is 1.38. The quantitative estimate of drug-likeness (QED) is 0.592. The lowest BCUT2D eigenvalue weighted by Gasteiger charge is -2.13. The number of carbonyl (C=O) groups is 2. The first kappa shape index (κ1) is 19.4. The first-order chi connectivity index (χ1) is 13.0. The van der Waals surface area contributed by atoms with Crippen LogP contribution >= 0.6 is 23.6 Å². The molecule has 1 heterocycles. The topological polar surface area (TPSA) is 67.4 Å². The van der Waals surface area contributed by atoms with E-state index in [4.69, 9.17) is 17.0 Å². The maximum Gasteiger partial charge on any atom is 0.341 e. The number of halogens is 1. The third-order valence-electron chi connectivity index (χ3n) is 4.22. The average Bonchev–Trinajstić information content (AvgIpc) is 2.99. The molecule has 0 saturated carbocycles.